The molecular formula is C15H16N2O4. The van der Waals surface area contributed by atoms with Gasteiger partial charge in [-0.3, -0.25) is 4.79 Å². The van der Waals surface area contributed by atoms with Crippen LogP contribution in [0, 0.1) is 0 Å². The van der Waals surface area contributed by atoms with Crippen molar-refractivity contribution < 1.29 is 20.1 Å². The van der Waals surface area contributed by atoms with Crippen molar-refractivity contribution in [2.45, 2.75) is 12.5 Å². The number of nitrogens with one attached hydrogen (secondary N) is 2. The average molecular weight is 288 g/mol. The second-order valence-electron chi connectivity index (χ2n) is 4.55. The van der Waals surface area contributed by atoms with Gasteiger partial charge in [-0.1, -0.05) is 24.3 Å². The highest BCUT2D eigenvalue weighted by molar-refractivity contribution is 5.74. The molecule has 0 unspecified atom stereocenters. The van der Waals surface area contributed by atoms with Crippen LogP contribution in [0.25, 0.3) is 0 Å². The predicted molar refractivity (Wildman–Crippen MR) is 78.1 cm³/mol. The van der Waals surface area contributed by atoms with Crippen LogP contribution in [0.2, 0.25) is 0 Å². The van der Waals surface area contributed by atoms with E-state index in [-0.39, 0.29) is 17.9 Å². The third-order valence-electron chi connectivity index (χ3n) is 2.94. The molecule has 21 heavy (non-hydrogen) atoms. The minimum atomic E-state index is -1.02. The van der Waals surface area contributed by atoms with Crippen molar-refractivity contribution in [2.24, 2.45) is 0 Å². The number of anilines is 1. The van der Waals surface area contributed by atoms with Crippen molar-refractivity contribution in [3.05, 3.63) is 54.1 Å². The fourth-order valence-electron chi connectivity index (χ4n) is 1.82. The van der Waals surface area contributed by atoms with Gasteiger partial charge < -0.3 is 20.7 Å². The summed E-state index contributed by atoms with van der Waals surface area (Å²) in [6.07, 6.45) is 0.156. The van der Waals surface area contributed by atoms with Gasteiger partial charge in [-0.2, -0.15) is 0 Å². The molecule has 2 rings (SSSR count). The number of carbonyl (C=O) groups is 1. The Morgan fingerprint density at radius 2 is 1.76 bits per heavy atom. The maximum atomic E-state index is 11.3. The molecule has 1 atom stereocenters. The van der Waals surface area contributed by atoms with Crippen LogP contribution in [-0.2, 0) is 11.2 Å². The van der Waals surface area contributed by atoms with Crippen LogP contribution in [0.15, 0.2) is 48.5 Å². The van der Waals surface area contributed by atoms with E-state index in [1.54, 1.807) is 18.2 Å². The first-order valence-electron chi connectivity index (χ1n) is 6.36. The van der Waals surface area contributed by atoms with E-state index in [4.69, 9.17) is 0 Å². The van der Waals surface area contributed by atoms with E-state index < -0.39 is 12.0 Å². The Morgan fingerprint density at radius 1 is 1.05 bits per heavy atom. The predicted octanol–water partition coefficient (Wildman–Crippen LogP) is 1.71. The lowest BCUT2D eigenvalue weighted by atomic mass is 10.1. The van der Waals surface area contributed by atoms with Gasteiger partial charge in [0.25, 0.3) is 0 Å². The van der Waals surface area contributed by atoms with Gasteiger partial charge in [0.05, 0.1) is 0 Å². The third kappa shape index (κ3) is 4.12. The van der Waals surface area contributed by atoms with Crippen LogP contribution >= 0.6 is 0 Å². The molecule has 0 aliphatic heterocycles. The Bertz CT molecular complexity index is 616. The molecule has 0 bridgehead atoms. The van der Waals surface area contributed by atoms with Gasteiger partial charge in [0, 0.05) is 12.1 Å². The lowest BCUT2D eigenvalue weighted by Gasteiger charge is -2.16. The van der Waals surface area contributed by atoms with E-state index in [1.165, 1.54) is 12.1 Å². The van der Waals surface area contributed by atoms with Crippen LogP contribution < -0.4 is 10.9 Å². The molecule has 2 aromatic rings. The van der Waals surface area contributed by atoms with E-state index in [2.05, 4.69) is 10.9 Å². The Balaban J connectivity index is 2.02. The van der Waals surface area contributed by atoms with E-state index in [1.807, 2.05) is 18.2 Å². The van der Waals surface area contributed by atoms with Crippen LogP contribution in [0.4, 0.5) is 5.69 Å². The van der Waals surface area contributed by atoms with Gasteiger partial charge in [0.2, 0.25) is 0 Å². The summed E-state index contributed by atoms with van der Waals surface area (Å²) in [5.41, 5.74) is 6.90. The molecule has 0 saturated heterocycles. The second kappa shape index (κ2) is 6.62. The Kier molecular flexibility index (Phi) is 4.63. The van der Waals surface area contributed by atoms with Crippen molar-refractivity contribution in [3.63, 3.8) is 0 Å². The van der Waals surface area contributed by atoms with E-state index in [9.17, 15) is 20.1 Å². The molecule has 0 aliphatic carbocycles. The lowest BCUT2D eigenvalue weighted by molar-refractivity contribution is -0.139. The van der Waals surface area contributed by atoms with E-state index >= 15 is 0 Å². The van der Waals surface area contributed by atoms with Crippen molar-refractivity contribution in [1.29, 1.82) is 0 Å². The first kappa shape index (κ1) is 14.7. The number of hydrogen-bond acceptors (Lipinski definition) is 5. The van der Waals surface area contributed by atoms with Gasteiger partial charge in [0.1, 0.15) is 6.04 Å². The van der Waals surface area contributed by atoms with Crippen LogP contribution in [0.3, 0.4) is 0 Å². The molecule has 0 amide bonds. The normalized spacial score (nSPS) is 11.8. The SMILES string of the molecule is O=C(O)[C@H](Cc1ccc(O)c(O)c1)NNc1ccccc1. The fraction of sp³-hybridized carbons (Fsp3) is 0.133. The number of hydrazine groups is 1. The number of phenolic OH excluding ortho intramolecular Hbond substituents is 2. The number of aliphatic carboxylic acids is 1. The van der Waals surface area contributed by atoms with Crippen molar-refractivity contribution in [1.82, 2.24) is 5.43 Å². The van der Waals surface area contributed by atoms with E-state index in [0.717, 1.165) is 5.69 Å². The molecule has 0 spiro atoms. The summed E-state index contributed by atoms with van der Waals surface area (Å²) in [5, 5.41) is 27.9. The zero-order valence-electron chi connectivity index (χ0n) is 11.2. The van der Waals surface area contributed by atoms with Gasteiger partial charge in [-0.25, -0.2) is 5.43 Å². The summed E-state index contributed by atoms with van der Waals surface area (Å²) in [5.74, 6) is -1.53. The summed E-state index contributed by atoms with van der Waals surface area (Å²) in [6, 6.07) is 12.5. The zero-order chi connectivity index (χ0) is 15.2. The Hall–Kier alpha value is -2.73. The highest BCUT2D eigenvalue weighted by atomic mass is 16.4. The molecule has 5 N–H and O–H groups in total. The summed E-state index contributed by atoms with van der Waals surface area (Å²) in [7, 11) is 0. The summed E-state index contributed by atoms with van der Waals surface area (Å²) in [4.78, 5) is 11.3. The molecular weight excluding hydrogens is 272 g/mol. The Labute approximate surface area is 121 Å². The topological polar surface area (TPSA) is 102 Å². The number of carboxylic acids is 1. The molecule has 6 heteroatoms. The maximum absolute atomic E-state index is 11.3. The van der Waals surface area contributed by atoms with Gasteiger partial charge in [-0.05, 0) is 29.8 Å². The summed E-state index contributed by atoms with van der Waals surface area (Å²) in [6.45, 7) is 0. The minimum absolute atomic E-state index is 0.156. The molecule has 0 fully saturated rings. The van der Waals surface area contributed by atoms with Crippen molar-refractivity contribution >= 4 is 11.7 Å². The number of benzene rings is 2. The van der Waals surface area contributed by atoms with Crippen molar-refractivity contribution in [3.8, 4) is 11.5 Å². The molecule has 0 saturated carbocycles. The fourth-order valence-corrected chi connectivity index (χ4v) is 1.82. The number of carboxylic acid groups (broad SMARTS) is 1. The van der Waals surface area contributed by atoms with E-state index in [0.29, 0.717) is 5.56 Å². The molecule has 0 aliphatic rings. The smallest absolute Gasteiger partial charge is 0.322 e. The standard InChI is InChI=1S/C15H16N2O4/c18-13-7-6-10(9-14(13)19)8-12(15(20)21)17-16-11-4-2-1-3-5-11/h1-7,9,12,16-19H,8H2,(H,20,21)/t12-/m0/s1. The minimum Gasteiger partial charge on any atom is -0.504 e. The average Bonchev–Trinajstić information content (AvgIpc) is 2.48. The first-order chi connectivity index (χ1) is 10.1. The number of para-hydroxylation sites is 1. The summed E-state index contributed by atoms with van der Waals surface area (Å²) < 4.78 is 0. The second-order valence-corrected chi connectivity index (χ2v) is 4.55. The molecule has 6 nitrogen and oxygen atoms in total. The van der Waals surface area contributed by atoms with Gasteiger partial charge in [0.15, 0.2) is 11.5 Å². The maximum Gasteiger partial charge on any atom is 0.322 e. The van der Waals surface area contributed by atoms with Crippen molar-refractivity contribution in [2.75, 3.05) is 5.43 Å². The molecule has 0 radical (unpaired) electrons. The highest BCUT2D eigenvalue weighted by Gasteiger charge is 2.18. The lowest BCUT2D eigenvalue weighted by Crippen LogP contribution is -2.41. The van der Waals surface area contributed by atoms with Crippen LogP contribution in [0.1, 0.15) is 5.56 Å². The number of phenols is 2. The summed E-state index contributed by atoms with van der Waals surface area (Å²) >= 11 is 0. The number of hydrogen-bond donors (Lipinski definition) is 5. The molecule has 0 heterocycles. The van der Waals surface area contributed by atoms with Crippen LogP contribution in [-0.4, -0.2) is 27.3 Å². The number of rotatable bonds is 6. The van der Waals surface area contributed by atoms with Gasteiger partial charge in [-0.15, -0.1) is 0 Å². The monoisotopic (exact) mass is 288 g/mol. The molecule has 2 aromatic carbocycles. The van der Waals surface area contributed by atoms with Gasteiger partial charge >= 0.3 is 5.97 Å². The molecule has 0 aromatic heterocycles. The van der Waals surface area contributed by atoms with Crippen LogP contribution in [0.5, 0.6) is 11.5 Å². The zero-order valence-corrected chi connectivity index (χ0v) is 11.2. The quantitative estimate of drug-likeness (QED) is 0.410. The molecule has 110 valence electrons. The third-order valence-corrected chi connectivity index (χ3v) is 2.94. The highest BCUT2D eigenvalue weighted by Crippen LogP contribution is 2.25. The largest absolute Gasteiger partial charge is 0.504 e. The number of aromatic hydroxyl groups is 2. The Morgan fingerprint density at radius 3 is 2.38 bits per heavy atom. The first-order valence-corrected chi connectivity index (χ1v) is 6.36.